The molecule has 0 bridgehead atoms. The zero-order valence-corrected chi connectivity index (χ0v) is 18.7. The van der Waals surface area contributed by atoms with Crippen molar-refractivity contribution >= 4 is 34.7 Å². The normalized spacial score (nSPS) is 19.3. The van der Waals surface area contributed by atoms with Gasteiger partial charge in [0, 0.05) is 28.7 Å². The van der Waals surface area contributed by atoms with E-state index in [9.17, 15) is 14.7 Å². The summed E-state index contributed by atoms with van der Waals surface area (Å²) in [5.74, 6) is -0.898. The second-order valence-electron chi connectivity index (χ2n) is 8.16. The molecular weight excluding hydrogens is 440 g/mol. The topological polar surface area (TPSA) is 79.7 Å². The molecule has 1 atom stereocenters. The number of halogens is 1. The quantitative estimate of drug-likeness (QED) is 0.338. The molecule has 0 radical (unpaired) electrons. The number of pyridine rings is 1. The van der Waals surface area contributed by atoms with Gasteiger partial charge in [-0.3, -0.25) is 19.5 Å². The van der Waals surface area contributed by atoms with Gasteiger partial charge >= 0.3 is 0 Å². The summed E-state index contributed by atoms with van der Waals surface area (Å²) in [5.41, 5.74) is 3.37. The van der Waals surface area contributed by atoms with Gasteiger partial charge in [-0.1, -0.05) is 17.7 Å². The van der Waals surface area contributed by atoms with Crippen LogP contribution in [0.15, 0.2) is 66.5 Å². The SMILES string of the molecule is Cc1cc(Cl)ccc1N1C(=O)C(=O)/C(=C(\O)c2ccc3c(c2)CCCO3)C1c1cccnc1. The number of anilines is 1. The Bertz CT molecular complexity index is 1300. The third-order valence-corrected chi connectivity index (χ3v) is 6.28. The zero-order chi connectivity index (χ0) is 23.1. The molecule has 1 N–H and O–H groups in total. The zero-order valence-electron chi connectivity index (χ0n) is 17.9. The fourth-order valence-corrected chi connectivity index (χ4v) is 4.71. The van der Waals surface area contributed by atoms with Crippen LogP contribution in [-0.2, 0) is 16.0 Å². The first kappa shape index (κ1) is 21.2. The Morgan fingerprint density at radius 3 is 2.79 bits per heavy atom. The fraction of sp³-hybridized carbons (Fsp3) is 0.192. The number of aliphatic hydroxyl groups is 1. The maximum atomic E-state index is 13.3. The van der Waals surface area contributed by atoms with Gasteiger partial charge in [-0.25, -0.2) is 0 Å². The molecule has 2 aliphatic heterocycles. The molecule has 1 saturated heterocycles. The van der Waals surface area contributed by atoms with Crippen molar-refractivity contribution in [3.05, 3.63) is 93.8 Å². The number of amides is 1. The van der Waals surface area contributed by atoms with E-state index in [-0.39, 0.29) is 11.3 Å². The van der Waals surface area contributed by atoms with Crippen LogP contribution in [-0.4, -0.2) is 28.4 Å². The highest BCUT2D eigenvalue weighted by Gasteiger charge is 2.47. The minimum absolute atomic E-state index is 0.0269. The number of Topliss-reactive ketones (excluding diaryl/α,β-unsaturated/α-hetero) is 1. The van der Waals surface area contributed by atoms with Gasteiger partial charge in [0.15, 0.2) is 0 Å². The average molecular weight is 461 g/mol. The summed E-state index contributed by atoms with van der Waals surface area (Å²) in [6, 6.07) is 13.1. The number of aliphatic hydroxyl groups excluding tert-OH is 1. The van der Waals surface area contributed by atoms with E-state index in [0.717, 1.165) is 29.7 Å². The van der Waals surface area contributed by atoms with Crippen molar-refractivity contribution in [2.24, 2.45) is 0 Å². The Kier molecular flexibility index (Phi) is 5.38. The molecule has 2 aliphatic rings. The van der Waals surface area contributed by atoms with Crippen LogP contribution >= 0.6 is 11.6 Å². The van der Waals surface area contributed by atoms with Gasteiger partial charge < -0.3 is 9.84 Å². The minimum Gasteiger partial charge on any atom is -0.507 e. The lowest BCUT2D eigenvalue weighted by Crippen LogP contribution is -2.30. The van der Waals surface area contributed by atoms with Crippen LogP contribution in [0.25, 0.3) is 5.76 Å². The van der Waals surface area contributed by atoms with Crippen molar-refractivity contribution in [1.29, 1.82) is 0 Å². The van der Waals surface area contributed by atoms with Crippen molar-refractivity contribution in [1.82, 2.24) is 4.98 Å². The minimum atomic E-state index is -0.828. The molecule has 6 nitrogen and oxygen atoms in total. The van der Waals surface area contributed by atoms with E-state index >= 15 is 0 Å². The van der Waals surface area contributed by atoms with E-state index in [1.807, 2.05) is 13.0 Å². The number of ether oxygens (including phenoxy) is 1. The Hall–Kier alpha value is -3.64. The number of hydrogen-bond acceptors (Lipinski definition) is 5. The highest BCUT2D eigenvalue weighted by molar-refractivity contribution is 6.51. The fourth-order valence-electron chi connectivity index (χ4n) is 4.49. The number of ketones is 1. The van der Waals surface area contributed by atoms with E-state index < -0.39 is 17.7 Å². The number of carbonyl (C=O) groups is 2. The predicted octanol–water partition coefficient (Wildman–Crippen LogP) is 4.99. The van der Waals surface area contributed by atoms with Gasteiger partial charge in [-0.2, -0.15) is 0 Å². The van der Waals surface area contributed by atoms with Gasteiger partial charge in [0.25, 0.3) is 11.7 Å². The van der Waals surface area contributed by atoms with Gasteiger partial charge in [0.1, 0.15) is 11.5 Å². The number of hydrogen-bond donors (Lipinski definition) is 1. The molecule has 3 aromatic rings. The molecular formula is C26H21ClN2O4. The van der Waals surface area contributed by atoms with E-state index in [4.69, 9.17) is 16.3 Å². The molecule has 5 rings (SSSR count). The summed E-state index contributed by atoms with van der Waals surface area (Å²) in [4.78, 5) is 32.1. The summed E-state index contributed by atoms with van der Waals surface area (Å²) in [5, 5.41) is 11.8. The highest BCUT2D eigenvalue weighted by atomic mass is 35.5. The van der Waals surface area contributed by atoms with Crippen LogP contribution in [0.2, 0.25) is 5.02 Å². The molecule has 1 aromatic heterocycles. The molecule has 1 unspecified atom stereocenters. The average Bonchev–Trinajstić information content (AvgIpc) is 3.09. The van der Waals surface area contributed by atoms with E-state index in [2.05, 4.69) is 4.98 Å². The van der Waals surface area contributed by atoms with Gasteiger partial charge in [0.05, 0.1) is 18.2 Å². The predicted molar refractivity (Wildman–Crippen MR) is 125 cm³/mol. The Morgan fingerprint density at radius 1 is 1.18 bits per heavy atom. The van der Waals surface area contributed by atoms with Crippen molar-refractivity contribution in [2.75, 3.05) is 11.5 Å². The number of nitrogens with zero attached hydrogens (tertiary/aromatic N) is 2. The number of aryl methyl sites for hydroxylation is 2. The van der Waals surface area contributed by atoms with Crippen molar-refractivity contribution in [3.8, 4) is 5.75 Å². The van der Waals surface area contributed by atoms with Gasteiger partial charge in [-0.15, -0.1) is 0 Å². The molecule has 2 aromatic carbocycles. The lowest BCUT2D eigenvalue weighted by atomic mass is 9.94. The van der Waals surface area contributed by atoms with Crippen LogP contribution in [0.1, 0.15) is 34.7 Å². The molecule has 0 aliphatic carbocycles. The second kappa shape index (κ2) is 8.37. The van der Waals surface area contributed by atoms with Gasteiger partial charge in [-0.05, 0) is 78.9 Å². The van der Waals surface area contributed by atoms with Gasteiger partial charge in [0.2, 0.25) is 0 Å². The van der Waals surface area contributed by atoms with E-state index in [0.29, 0.717) is 28.4 Å². The molecule has 33 heavy (non-hydrogen) atoms. The lowest BCUT2D eigenvalue weighted by molar-refractivity contribution is -0.132. The number of aromatic nitrogens is 1. The molecule has 7 heteroatoms. The number of carbonyl (C=O) groups excluding carboxylic acids is 2. The number of rotatable bonds is 3. The Balaban J connectivity index is 1.70. The van der Waals surface area contributed by atoms with Crippen LogP contribution in [0.3, 0.4) is 0 Å². The van der Waals surface area contributed by atoms with Crippen molar-refractivity contribution < 1.29 is 19.4 Å². The first-order valence-electron chi connectivity index (χ1n) is 10.7. The Morgan fingerprint density at radius 2 is 2.03 bits per heavy atom. The first-order chi connectivity index (χ1) is 16.0. The molecule has 166 valence electrons. The highest BCUT2D eigenvalue weighted by Crippen LogP contribution is 2.43. The third kappa shape index (κ3) is 3.66. The maximum Gasteiger partial charge on any atom is 0.300 e. The van der Waals surface area contributed by atoms with Crippen LogP contribution in [0, 0.1) is 6.92 Å². The summed E-state index contributed by atoms with van der Waals surface area (Å²) in [7, 11) is 0. The second-order valence-corrected chi connectivity index (χ2v) is 8.60. The van der Waals surface area contributed by atoms with Crippen LogP contribution in [0.5, 0.6) is 5.75 Å². The van der Waals surface area contributed by atoms with Crippen molar-refractivity contribution in [3.63, 3.8) is 0 Å². The number of fused-ring (bicyclic) bond motifs is 1. The number of benzene rings is 2. The third-order valence-electron chi connectivity index (χ3n) is 6.04. The standard InChI is InChI=1S/C26H21ClN2O4/c1-15-12-19(27)7-8-20(15)29-23(18-4-2-10-28-14-18)22(25(31)26(29)32)24(30)17-6-9-21-16(13-17)5-3-11-33-21/h2,4,6-10,12-14,23,30H,3,5,11H2,1H3/b24-22-. The molecule has 0 saturated carbocycles. The molecule has 3 heterocycles. The molecule has 0 spiro atoms. The van der Waals surface area contributed by atoms with E-state index in [1.54, 1.807) is 54.9 Å². The summed E-state index contributed by atoms with van der Waals surface area (Å²) < 4.78 is 5.66. The van der Waals surface area contributed by atoms with E-state index in [1.165, 1.54) is 4.90 Å². The monoisotopic (exact) mass is 460 g/mol. The molecule has 1 amide bonds. The van der Waals surface area contributed by atoms with Crippen LogP contribution in [0.4, 0.5) is 5.69 Å². The maximum absolute atomic E-state index is 13.3. The molecule has 1 fully saturated rings. The first-order valence-corrected chi connectivity index (χ1v) is 11.1. The summed E-state index contributed by atoms with van der Waals surface area (Å²) in [6.45, 7) is 2.48. The smallest absolute Gasteiger partial charge is 0.300 e. The van der Waals surface area contributed by atoms with Crippen LogP contribution < -0.4 is 9.64 Å². The Labute approximate surface area is 196 Å². The largest absolute Gasteiger partial charge is 0.507 e. The lowest BCUT2D eigenvalue weighted by Gasteiger charge is -2.26. The van der Waals surface area contributed by atoms with Crippen molar-refractivity contribution in [2.45, 2.75) is 25.8 Å². The summed E-state index contributed by atoms with van der Waals surface area (Å²) in [6.07, 6.45) is 4.92. The summed E-state index contributed by atoms with van der Waals surface area (Å²) >= 11 is 6.12.